The first-order valence-corrected chi connectivity index (χ1v) is 12.0. The average Bonchev–Trinajstić information content (AvgIpc) is 2.74. The lowest BCUT2D eigenvalue weighted by Crippen LogP contribution is -2.46. The zero-order valence-electron chi connectivity index (χ0n) is 19.3. The Bertz CT molecular complexity index is 426. The highest BCUT2D eigenvalue weighted by molar-refractivity contribution is 14.0. The summed E-state index contributed by atoms with van der Waals surface area (Å²) < 4.78 is 0. The van der Waals surface area contributed by atoms with Crippen molar-refractivity contribution >= 4 is 29.9 Å². The molecule has 1 atom stereocenters. The Morgan fingerprint density at radius 3 is 2.34 bits per heavy atom. The van der Waals surface area contributed by atoms with Gasteiger partial charge in [0.15, 0.2) is 5.96 Å². The number of unbranched alkanes of at least 4 members (excludes halogenated alkanes) is 1. The van der Waals surface area contributed by atoms with E-state index in [1.807, 2.05) is 0 Å². The lowest BCUT2D eigenvalue weighted by atomic mass is 10.0. The molecule has 2 N–H and O–H groups in total. The van der Waals surface area contributed by atoms with E-state index in [1.165, 1.54) is 84.3 Å². The average molecular weight is 523 g/mol. The van der Waals surface area contributed by atoms with Gasteiger partial charge in [-0.3, -0.25) is 9.89 Å². The third kappa shape index (κ3) is 10.6. The number of likely N-dealkylation sites (tertiary alicyclic amines) is 1. The third-order valence-electron chi connectivity index (χ3n) is 6.32. The molecule has 0 amide bonds. The van der Waals surface area contributed by atoms with Crippen LogP contribution in [0.2, 0.25) is 0 Å². The van der Waals surface area contributed by atoms with Gasteiger partial charge < -0.3 is 20.4 Å². The van der Waals surface area contributed by atoms with E-state index in [0.717, 1.165) is 38.2 Å². The summed E-state index contributed by atoms with van der Waals surface area (Å²) in [6, 6.07) is 0.786. The van der Waals surface area contributed by atoms with Crippen molar-refractivity contribution in [3.63, 3.8) is 0 Å². The molecule has 172 valence electrons. The molecule has 29 heavy (non-hydrogen) atoms. The van der Waals surface area contributed by atoms with Crippen LogP contribution >= 0.6 is 24.0 Å². The molecule has 2 heterocycles. The fraction of sp³-hybridized carbons (Fsp3) is 0.955. The van der Waals surface area contributed by atoms with E-state index in [0.29, 0.717) is 0 Å². The number of aliphatic imine (C=N–C) groups is 1. The maximum atomic E-state index is 4.79. The number of guanidine groups is 1. The maximum Gasteiger partial charge on any atom is 0.191 e. The van der Waals surface area contributed by atoms with Crippen molar-refractivity contribution < 1.29 is 0 Å². The summed E-state index contributed by atoms with van der Waals surface area (Å²) in [5.41, 5.74) is 0. The molecule has 7 heteroatoms. The fourth-order valence-corrected chi connectivity index (χ4v) is 4.44. The predicted molar refractivity (Wildman–Crippen MR) is 137 cm³/mol. The van der Waals surface area contributed by atoms with Gasteiger partial charge >= 0.3 is 0 Å². The van der Waals surface area contributed by atoms with Gasteiger partial charge in [0, 0.05) is 58.4 Å². The van der Waals surface area contributed by atoms with Crippen LogP contribution in [0, 0.1) is 0 Å². The quantitative estimate of drug-likeness (QED) is 0.189. The first-order valence-electron chi connectivity index (χ1n) is 12.0. The Hall–Kier alpha value is -0.120. The highest BCUT2D eigenvalue weighted by Crippen LogP contribution is 2.18. The lowest BCUT2D eigenvalue weighted by molar-refractivity contribution is 0.136. The molecule has 2 fully saturated rings. The second kappa shape index (κ2) is 16.6. The Morgan fingerprint density at radius 1 is 0.897 bits per heavy atom. The summed E-state index contributed by atoms with van der Waals surface area (Å²) in [4.78, 5) is 12.6. The molecule has 0 radical (unpaired) electrons. The highest BCUT2D eigenvalue weighted by Gasteiger charge is 2.20. The Kier molecular flexibility index (Phi) is 15.4. The number of rotatable bonds is 11. The molecule has 2 rings (SSSR count). The van der Waals surface area contributed by atoms with Crippen LogP contribution in [0.5, 0.6) is 0 Å². The van der Waals surface area contributed by atoms with Gasteiger partial charge in [0.05, 0.1) is 0 Å². The van der Waals surface area contributed by atoms with Crippen molar-refractivity contribution in [3.8, 4) is 0 Å². The Labute approximate surface area is 197 Å². The van der Waals surface area contributed by atoms with E-state index in [-0.39, 0.29) is 24.0 Å². The van der Waals surface area contributed by atoms with Crippen LogP contribution < -0.4 is 10.6 Å². The van der Waals surface area contributed by atoms with Crippen molar-refractivity contribution in [2.24, 2.45) is 4.99 Å². The molecule has 0 aliphatic carbocycles. The van der Waals surface area contributed by atoms with Gasteiger partial charge in [0.1, 0.15) is 0 Å². The second-order valence-corrected chi connectivity index (χ2v) is 8.26. The minimum atomic E-state index is 0. The number of nitrogens with zero attached hydrogens (tertiary/aromatic N) is 4. The summed E-state index contributed by atoms with van der Waals surface area (Å²) in [5, 5.41) is 6.95. The topological polar surface area (TPSA) is 46.1 Å². The molecule has 0 spiro atoms. The van der Waals surface area contributed by atoms with Gasteiger partial charge in [-0.25, -0.2) is 0 Å². The zero-order valence-corrected chi connectivity index (χ0v) is 21.6. The van der Waals surface area contributed by atoms with Crippen LogP contribution in [-0.4, -0.2) is 98.7 Å². The molecule has 0 aromatic rings. The van der Waals surface area contributed by atoms with E-state index in [9.17, 15) is 0 Å². The molecule has 1 unspecified atom stereocenters. The first-order chi connectivity index (χ1) is 13.8. The first kappa shape index (κ1) is 26.9. The van der Waals surface area contributed by atoms with Crippen LogP contribution in [0.15, 0.2) is 4.99 Å². The minimum absolute atomic E-state index is 0. The molecular weight excluding hydrogens is 475 g/mol. The van der Waals surface area contributed by atoms with Crippen molar-refractivity contribution in [2.45, 2.75) is 65.3 Å². The second-order valence-electron chi connectivity index (χ2n) is 8.26. The van der Waals surface area contributed by atoms with Crippen LogP contribution in [0.3, 0.4) is 0 Å². The molecule has 0 bridgehead atoms. The third-order valence-corrected chi connectivity index (χ3v) is 6.32. The summed E-state index contributed by atoms with van der Waals surface area (Å²) in [5.74, 6) is 0.990. The Morgan fingerprint density at radius 2 is 1.66 bits per heavy atom. The minimum Gasteiger partial charge on any atom is -0.357 e. The van der Waals surface area contributed by atoms with E-state index in [2.05, 4.69) is 46.1 Å². The number of piperazine rings is 1. The molecule has 0 saturated carbocycles. The number of hydrogen-bond donors (Lipinski definition) is 2. The van der Waals surface area contributed by atoms with Crippen molar-refractivity contribution in [1.29, 1.82) is 0 Å². The fourth-order valence-electron chi connectivity index (χ4n) is 4.44. The van der Waals surface area contributed by atoms with Gasteiger partial charge in [-0.05, 0) is 58.7 Å². The SMILES string of the molecule is CCNC(=NCCCCN1CCN(CC)CC1)NCCN1CCCCC1CC.I. The number of hydrogen-bond acceptors (Lipinski definition) is 4. The van der Waals surface area contributed by atoms with Gasteiger partial charge in [-0.2, -0.15) is 0 Å². The Balaban J connectivity index is 0.00000420. The molecule has 2 saturated heterocycles. The number of piperidine rings is 1. The van der Waals surface area contributed by atoms with Crippen LogP contribution in [0.4, 0.5) is 0 Å². The van der Waals surface area contributed by atoms with Crippen LogP contribution in [-0.2, 0) is 0 Å². The predicted octanol–water partition coefficient (Wildman–Crippen LogP) is 2.84. The van der Waals surface area contributed by atoms with Gasteiger partial charge in [0.25, 0.3) is 0 Å². The van der Waals surface area contributed by atoms with Gasteiger partial charge in [-0.15, -0.1) is 24.0 Å². The van der Waals surface area contributed by atoms with Crippen molar-refractivity contribution in [2.75, 3.05) is 72.0 Å². The summed E-state index contributed by atoms with van der Waals surface area (Å²) >= 11 is 0. The lowest BCUT2D eigenvalue weighted by Gasteiger charge is -2.35. The molecule has 0 aromatic carbocycles. The highest BCUT2D eigenvalue weighted by atomic mass is 127. The number of halogens is 1. The normalized spacial score (nSPS) is 22.3. The van der Waals surface area contributed by atoms with Crippen molar-refractivity contribution in [1.82, 2.24) is 25.3 Å². The number of nitrogens with one attached hydrogen (secondary N) is 2. The van der Waals surface area contributed by atoms with E-state index in [1.54, 1.807) is 0 Å². The molecule has 2 aliphatic rings. The monoisotopic (exact) mass is 522 g/mol. The van der Waals surface area contributed by atoms with E-state index in [4.69, 9.17) is 4.99 Å². The molecule has 0 aromatic heterocycles. The molecule has 2 aliphatic heterocycles. The standard InChI is InChI=1S/C22H46N6.HI/c1-4-21-11-7-9-15-28(21)16-13-25-22(23-5-2)24-12-8-10-14-27-19-17-26(6-3)18-20-27;/h21H,4-20H2,1-3H3,(H2,23,24,25);1H. The largest absolute Gasteiger partial charge is 0.357 e. The van der Waals surface area contributed by atoms with Crippen LogP contribution in [0.25, 0.3) is 0 Å². The molecule has 6 nitrogen and oxygen atoms in total. The summed E-state index contributed by atoms with van der Waals surface area (Å²) in [7, 11) is 0. The van der Waals surface area contributed by atoms with E-state index < -0.39 is 0 Å². The van der Waals surface area contributed by atoms with Gasteiger partial charge in [-0.1, -0.05) is 20.3 Å². The maximum absolute atomic E-state index is 4.79. The molecular formula is C22H47IN6. The summed E-state index contributed by atoms with van der Waals surface area (Å²) in [6.07, 6.45) is 7.84. The summed E-state index contributed by atoms with van der Waals surface area (Å²) in [6.45, 7) is 19.3. The van der Waals surface area contributed by atoms with Crippen molar-refractivity contribution in [3.05, 3.63) is 0 Å². The smallest absolute Gasteiger partial charge is 0.191 e. The van der Waals surface area contributed by atoms with Gasteiger partial charge in [0.2, 0.25) is 0 Å². The van der Waals surface area contributed by atoms with E-state index >= 15 is 0 Å². The zero-order chi connectivity index (χ0) is 20.0. The van der Waals surface area contributed by atoms with Crippen LogP contribution in [0.1, 0.15) is 59.3 Å². The number of likely N-dealkylation sites (N-methyl/N-ethyl adjacent to an activating group) is 1.